The Morgan fingerprint density at radius 1 is 1.29 bits per heavy atom. The number of para-hydroxylation sites is 1. The Labute approximate surface area is 126 Å². The lowest BCUT2D eigenvalue weighted by atomic mass is 10.3. The van der Waals surface area contributed by atoms with Gasteiger partial charge in [-0.15, -0.1) is 0 Å². The quantitative estimate of drug-likeness (QED) is 0.745. The van der Waals surface area contributed by atoms with Crippen LogP contribution in [0.4, 0.5) is 5.13 Å². The fourth-order valence-corrected chi connectivity index (χ4v) is 3.62. The molecule has 1 saturated heterocycles. The minimum absolute atomic E-state index is 0.158. The van der Waals surface area contributed by atoms with E-state index in [4.69, 9.17) is 9.72 Å². The maximum Gasteiger partial charge on any atom is 0.186 e. The standard InChI is InChI=1S/C15H16N4OS/c1-2-5-14-13(4-1)17-15(21-14)18-8-9-20-12(10-18)11-19-7-3-6-16-19/h1-7,12H,8-11H2/t12-/m1/s1. The van der Waals surface area contributed by atoms with Gasteiger partial charge in [0.05, 0.1) is 29.5 Å². The first-order valence-corrected chi connectivity index (χ1v) is 7.90. The first-order valence-electron chi connectivity index (χ1n) is 7.08. The molecule has 6 heteroatoms. The predicted molar refractivity (Wildman–Crippen MR) is 83.8 cm³/mol. The highest BCUT2D eigenvalue weighted by molar-refractivity contribution is 7.22. The van der Waals surface area contributed by atoms with Gasteiger partial charge >= 0.3 is 0 Å². The summed E-state index contributed by atoms with van der Waals surface area (Å²) in [5.74, 6) is 0. The molecule has 1 aliphatic rings. The van der Waals surface area contributed by atoms with Crippen LogP contribution in [0.15, 0.2) is 42.7 Å². The van der Waals surface area contributed by atoms with Gasteiger partial charge < -0.3 is 9.64 Å². The predicted octanol–water partition coefficient (Wildman–Crippen LogP) is 2.40. The highest BCUT2D eigenvalue weighted by Crippen LogP contribution is 2.29. The van der Waals surface area contributed by atoms with Crippen LogP contribution < -0.4 is 4.90 Å². The van der Waals surface area contributed by atoms with Gasteiger partial charge in [-0.1, -0.05) is 23.5 Å². The Bertz CT molecular complexity index is 691. The van der Waals surface area contributed by atoms with Crippen molar-refractivity contribution in [2.45, 2.75) is 12.6 Å². The minimum atomic E-state index is 0.158. The van der Waals surface area contributed by atoms with Crippen LogP contribution in [0.2, 0.25) is 0 Å². The van der Waals surface area contributed by atoms with Crippen molar-refractivity contribution in [1.29, 1.82) is 0 Å². The third kappa shape index (κ3) is 2.64. The second-order valence-electron chi connectivity index (χ2n) is 5.13. The second kappa shape index (κ2) is 5.46. The SMILES string of the molecule is c1ccc2sc(N3CCO[C@@H](Cn4cccn4)C3)nc2c1. The highest BCUT2D eigenvalue weighted by Gasteiger charge is 2.23. The van der Waals surface area contributed by atoms with E-state index in [0.29, 0.717) is 0 Å². The highest BCUT2D eigenvalue weighted by atomic mass is 32.1. The zero-order valence-corrected chi connectivity index (χ0v) is 12.4. The Hall–Kier alpha value is -1.92. The van der Waals surface area contributed by atoms with Gasteiger partial charge in [0.25, 0.3) is 0 Å². The second-order valence-corrected chi connectivity index (χ2v) is 6.14. The van der Waals surface area contributed by atoms with Gasteiger partial charge in [0, 0.05) is 25.5 Å². The molecule has 2 aromatic heterocycles. The molecule has 21 heavy (non-hydrogen) atoms. The average Bonchev–Trinajstić information content (AvgIpc) is 3.16. The van der Waals surface area contributed by atoms with E-state index in [1.165, 1.54) is 4.70 Å². The van der Waals surface area contributed by atoms with E-state index >= 15 is 0 Å². The number of aromatic nitrogens is 3. The van der Waals surface area contributed by atoms with Crippen LogP contribution in [0.3, 0.4) is 0 Å². The van der Waals surface area contributed by atoms with Crippen LogP contribution in [0.25, 0.3) is 10.2 Å². The van der Waals surface area contributed by atoms with Crippen LogP contribution in [-0.4, -0.2) is 40.6 Å². The molecule has 1 fully saturated rings. The average molecular weight is 300 g/mol. The van der Waals surface area contributed by atoms with E-state index < -0.39 is 0 Å². The Morgan fingerprint density at radius 3 is 3.10 bits per heavy atom. The third-order valence-electron chi connectivity index (χ3n) is 3.64. The topological polar surface area (TPSA) is 43.2 Å². The maximum atomic E-state index is 5.85. The van der Waals surface area contributed by atoms with Crippen LogP contribution in [0.5, 0.6) is 0 Å². The monoisotopic (exact) mass is 300 g/mol. The van der Waals surface area contributed by atoms with Crippen molar-refractivity contribution >= 4 is 26.7 Å². The van der Waals surface area contributed by atoms with Gasteiger partial charge in [-0.25, -0.2) is 4.98 Å². The van der Waals surface area contributed by atoms with Crippen molar-refractivity contribution in [3.8, 4) is 0 Å². The maximum absolute atomic E-state index is 5.85. The van der Waals surface area contributed by atoms with E-state index in [0.717, 1.165) is 36.9 Å². The van der Waals surface area contributed by atoms with E-state index in [9.17, 15) is 0 Å². The van der Waals surface area contributed by atoms with Gasteiger partial charge in [0.2, 0.25) is 0 Å². The molecule has 108 valence electrons. The summed E-state index contributed by atoms with van der Waals surface area (Å²) in [6.07, 6.45) is 3.93. The molecular weight excluding hydrogens is 284 g/mol. The fourth-order valence-electron chi connectivity index (χ4n) is 2.62. The zero-order valence-electron chi connectivity index (χ0n) is 11.6. The lowest BCUT2D eigenvalue weighted by Gasteiger charge is -2.32. The van der Waals surface area contributed by atoms with Gasteiger partial charge in [-0.3, -0.25) is 4.68 Å². The molecule has 0 amide bonds. The van der Waals surface area contributed by atoms with Crippen molar-refractivity contribution in [3.05, 3.63) is 42.7 Å². The lowest BCUT2D eigenvalue weighted by Crippen LogP contribution is -2.44. The smallest absolute Gasteiger partial charge is 0.186 e. The lowest BCUT2D eigenvalue weighted by molar-refractivity contribution is 0.0274. The van der Waals surface area contributed by atoms with E-state index in [-0.39, 0.29) is 6.10 Å². The molecule has 3 heterocycles. The van der Waals surface area contributed by atoms with Crippen molar-refractivity contribution < 1.29 is 4.74 Å². The van der Waals surface area contributed by atoms with Crippen LogP contribution >= 0.6 is 11.3 Å². The van der Waals surface area contributed by atoms with Crippen LogP contribution in [-0.2, 0) is 11.3 Å². The summed E-state index contributed by atoms with van der Waals surface area (Å²) in [4.78, 5) is 7.06. The molecule has 4 rings (SSSR count). The summed E-state index contributed by atoms with van der Waals surface area (Å²) >= 11 is 1.75. The van der Waals surface area contributed by atoms with Crippen molar-refractivity contribution in [1.82, 2.24) is 14.8 Å². The molecular formula is C15H16N4OS. The third-order valence-corrected chi connectivity index (χ3v) is 4.74. The summed E-state index contributed by atoms with van der Waals surface area (Å²) in [6, 6.07) is 10.2. The number of rotatable bonds is 3. The number of fused-ring (bicyclic) bond motifs is 1. The molecule has 0 radical (unpaired) electrons. The number of nitrogens with zero attached hydrogens (tertiary/aromatic N) is 4. The number of benzene rings is 1. The number of morpholine rings is 1. The molecule has 0 spiro atoms. The van der Waals surface area contributed by atoms with E-state index in [2.05, 4.69) is 28.2 Å². The largest absolute Gasteiger partial charge is 0.373 e. The number of hydrogen-bond acceptors (Lipinski definition) is 5. The molecule has 0 unspecified atom stereocenters. The van der Waals surface area contributed by atoms with Crippen molar-refractivity contribution in [3.63, 3.8) is 0 Å². The summed E-state index contributed by atoms with van der Waals surface area (Å²) in [6.45, 7) is 3.28. The normalized spacial score (nSPS) is 19.2. The molecule has 0 bridgehead atoms. The van der Waals surface area contributed by atoms with Gasteiger partial charge in [-0.2, -0.15) is 5.10 Å². The first kappa shape index (κ1) is 12.8. The van der Waals surface area contributed by atoms with E-state index in [1.54, 1.807) is 17.5 Å². The van der Waals surface area contributed by atoms with Crippen molar-refractivity contribution in [2.24, 2.45) is 0 Å². The summed E-state index contributed by atoms with van der Waals surface area (Å²) < 4.78 is 9.01. The Morgan fingerprint density at radius 2 is 2.24 bits per heavy atom. The van der Waals surface area contributed by atoms with Crippen LogP contribution in [0, 0.1) is 0 Å². The summed E-state index contributed by atoms with van der Waals surface area (Å²) in [5.41, 5.74) is 1.08. The molecule has 5 nitrogen and oxygen atoms in total. The summed E-state index contributed by atoms with van der Waals surface area (Å²) in [7, 11) is 0. The molecule has 1 atom stereocenters. The van der Waals surface area contributed by atoms with E-state index in [1.807, 2.05) is 23.0 Å². The first-order chi connectivity index (χ1) is 10.4. The molecule has 0 saturated carbocycles. The van der Waals surface area contributed by atoms with Crippen LogP contribution in [0.1, 0.15) is 0 Å². The minimum Gasteiger partial charge on any atom is -0.373 e. The number of anilines is 1. The van der Waals surface area contributed by atoms with Crippen molar-refractivity contribution in [2.75, 3.05) is 24.6 Å². The fraction of sp³-hybridized carbons (Fsp3) is 0.333. The Balaban J connectivity index is 1.52. The molecule has 3 aromatic rings. The summed E-state index contributed by atoms with van der Waals surface area (Å²) in [5, 5.41) is 5.34. The molecule has 0 N–H and O–H groups in total. The van der Waals surface area contributed by atoms with Gasteiger partial charge in [-0.05, 0) is 18.2 Å². The zero-order chi connectivity index (χ0) is 14.1. The molecule has 1 aliphatic heterocycles. The number of thiazole rings is 1. The van der Waals surface area contributed by atoms with Gasteiger partial charge in [0.1, 0.15) is 0 Å². The molecule has 1 aromatic carbocycles. The number of ether oxygens (including phenoxy) is 1. The number of hydrogen-bond donors (Lipinski definition) is 0. The molecule has 0 aliphatic carbocycles. The Kier molecular flexibility index (Phi) is 3.33. The van der Waals surface area contributed by atoms with Gasteiger partial charge in [0.15, 0.2) is 5.13 Å².